The van der Waals surface area contributed by atoms with E-state index in [2.05, 4.69) is 44.0 Å². The molecule has 0 atom stereocenters. The highest BCUT2D eigenvalue weighted by Crippen LogP contribution is 2.24. The van der Waals surface area contributed by atoms with E-state index < -0.39 is 0 Å². The summed E-state index contributed by atoms with van der Waals surface area (Å²) in [5.41, 5.74) is 3.94. The molecule has 1 aliphatic heterocycles. The third-order valence-corrected chi connectivity index (χ3v) is 6.02. The van der Waals surface area contributed by atoms with Gasteiger partial charge in [0.2, 0.25) is 5.95 Å². The fourth-order valence-corrected chi connectivity index (χ4v) is 4.14. The minimum atomic E-state index is 0.0514. The van der Waals surface area contributed by atoms with Gasteiger partial charge in [0.1, 0.15) is 5.69 Å². The number of rotatable bonds is 5. The zero-order valence-corrected chi connectivity index (χ0v) is 20.8. The average Bonchev–Trinajstić information content (AvgIpc) is 3.34. The molecular weight excluding hydrogens is 438 g/mol. The number of piperazine rings is 1. The maximum Gasteiger partial charge on any atom is 0.270 e. The molecule has 3 aromatic heterocycles. The van der Waals surface area contributed by atoms with Gasteiger partial charge in [0.25, 0.3) is 5.91 Å². The van der Waals surface area contributed by atoms with Crippen LogP contribution in [-0.2, 0) is 0 Å². The molecule has 8 heteroatoms. The van der Waals surface area contributed by atoms with Crippen LogP contribution < -0.4 is 5.32 Å². The van der Waals surface area contributed by atoms with Gasteiger partial charge in [-0.05, 0) is 56.3 Å². The van der Waals surface area contributed by atoms with E-state index in [-0.39, 0.29) is 5.91 Å². The van der Waals surface area contributed by atoms with Crippen molar-refractivity contribution in [2.75, 3.05) is 31.5 Å². The van der Waals surface area contributed by atoms with Gasteiger partial charge in [-0.1, -0.05) is 19.9 Å². The molecule has 1 saturated heterocycles. The molecule has 8 nitrogen and oxygen atoms in total. The van der Waals surface area contributed by atoms with Gasteiger partial charge >= 0.3 is 0 Å². The van der Waals surface area contributed by atoms with Crippen LogP contribution in [0.2, 0.25) is 0 Å². The number of carbonyl (C=O) groups excluding carboxylic acids is 1. The van der Waals surface area contributed by atoms with Crippen LogP contribution in [0.4, 0.5) is 11.6 Å². The first-order valence-electron chi connectivity index (χ1n) is 12.2. The maximum absolute atomic E-state index is 13.0. The molecule has 0 spiro atoms. The summed E-state index contributed by atoms with van der Waals surface area (Å²) >= 11 is 0. The van der Waals surface area contributed by atoms with Gasteiger partial charge < -0.3 is 15.2 Å². The van der Waals surface area contributed by atoms with Crippen LogP contribution in [-0.4, -0.2) is 67.9 Å². The van der Waals surface area contributed by atoms with Crippen LogP contribution in [0.1, 0.15) is 38.2 Å². The molecule has 182 valence electrons. The predicted molar refractivity (Wildman–Crippen MR) is 141 cm³/mol. The second-order valence-electron chi connectivity index (χ2n) is 8.51. The Morgan fingerprint density at radius 2 is 1.74 bits per heavy atom. The SMILES string of the molecule is CC.CC(C)N1CCN(C(=O)c2cc3cc(Nc4nccc(-c5ccccn5)n4)ccc3[nH]2)CC1. The van der Waals surface area contributed by atoms with E-state index >= 15 is 0 Å². The number of hydrogen-bond acceptors (Lipinski definition) is 6. The number of nitrogens with zero attached hydrogens (tertiary/aromatic N) is 5. The summed E-state index contributed by atoms with van der Waals surface area (Å²) in [5, 5.41) is 4.22. The number of benzene rings is 1. The summed E-state index contributed by atoms with van der Waals surface area (Å²) in [7, 11) is 0. The monoisotopic (exact) mass is 471 g/mol. The van der Waals surface area contributed by atoms with E-state index in [0.29, 0.717) is 17.7 Å². The lowest BCUT2D eigenvalue weighted by atomic mass is 10.2. The summed E-state index contributed by atoms with van der Waals surface area (Å²) < 4.78 is 0. The van der Waals surface area contributed by atoms with Crippen molar-refractivity contribution in [3.63, 3.8) is 0 Å². The normalized spacial score (nSPS) is 14.0. The largest absolute Gasteiger partial charge is 0.351 e. The van der Waals surface area contributed by atoms with E-state index in [0.717, 1.165) is 54.2 Å². The van der Waals surface area contributed by atoms with Crippen molar-refractivity contribution in [2.24, 2.45) is 0 Å². The molecule has 0 aliphatic carbocycles. The molecule has 0 unspecified atom stereocenters. The lowest BCUT2D eigenvalue weighted by Crippen LogP contribution is -2.50. The van der Waals surface area contributed by atoms with Crippen molar-refractivity contribution in [2.45, 2.75) is 33.7 Å². The van der Waals surface area contributed by atoms with Crippen LogP contribution in [0.15, 0.2) is 60.9 Å². The van der Waals surface area contributed by atoms with Gasteiger partial charge in [0, 0.05) is 61.2 Å². The molecule has 4 aromatic rings. The van der Waals surface area contributed by atoms with Crippen molar-refractivity contribution in [3.05, 3.63) is 66.6 Å². The minimum Gasteiger partial charge on any atom is -0.351 e. The molecule has 1 amide bonds. The Balaban J connectivity index is 0.00000141. The third-order valence-electron chi connectivity index (χ3n) is 6.02. The fourth-order valence-electron chi connectivity index (χ4n) is 4.14. The molecule has 1 aromatic carbocycles. The van der Waals surface area contributed by atoms with Gasteiger partial charge in [0.15, 0.2) is 0 Å². The summed E-state index contributed by atoms with van der Waals surface area (Å²) in [5.74, 6) is 0.544. The molecule has 1 aliphatic rings. The van der Waals surface area contributed by atoms with Crippen LogP contribution in [0.5, 0.6) is 0 Å². The zero-order chi connectivity index (χ0) is 24.8. The molecule has 0 radical (unpaired) electrons. The average molecular weight is 472 g/mol. The maximum atomic E-state index is 13.0. The Morgan fingerprint density at radius 3 is 2.46 bits per heavy atom. The van der Waals surface area contributed by atoms with E-state index in [9.17, 15) is 4.79 Å². The molecule has 4 heterocycles. The Labute approximate surface area is 206 Å². The van der Waals surface area contributed by atoms with Crippen molar-refractivity contribution in [1.29, 1.82) is 0 Å². The van der Waals surface area contributed by atoms with E-state index in [1.807, 2.05) is 67.3 Å². The first-order chi connectivity index (χ1) is 17.1. The number of anilines is 2. The second-order valence-corrected chi connectivity index (χ2v) is 8.51. The van der Waals surface area contributed by atoms with Crippen molar-refractivity contribution in [1.82, 2.24) is 29.7 Å². The van der Waals surface area contributed by atoms with Gasteiger partial charge in [-0.25, -0.2) is 9.97 Å². The lowest BCUT2D eigenvalue weighted by molar-refractivity contribution is 0.0591. The van der Waals surface area contributed by atoms with Crippen LogP contribution in [0.3, 0.4) is 0 Å². The van der Waals surface area contributed by atoms with E-state index in [1.165, 1.54) is 0 Å². The number of pyridine rings is 1. The Kier molecular flexibility index (Phi) is 7.72. The lowest BCUT2D eigenvalue weighted by Gasteiger charge is -2.36. The Bertz CT molecular complexity index is 1260. The number of amides is 1. The van der Waals surface area contributed by atoms with Gasteiger partial charge in [-0.2, -0.15) is 0 Å². The molecule has 0 saturated carbocycles. The number of nitrogens with one attached hydrogen (secondary N) is 2. The first-order valence-corrected chi connectivity index (χ1v) is 12.2. The predicted octanol–water partition coefficient (Wildman–Crippen LogP) is 4.96. The molecule has 2 N–H and O–H groups in total. The molecular formula is C27H33N7O. The first kappa shape index (κ1) is 24.3. The standard InChI is InChI=1S/C25H27N7O.C2H6/c1-17(2)31-11-13-32(14-12-31)24(33)23-16-18-15-19(6-7-20(18)29-23)28-25-27-10-8-22(30-25)21-5-3-4-9-26-21;1-2/h3-10,15-17,29H,11-14H2,1-2H3,(H,27,28,30);1-2H3. The minimum absolute atomic E-state index is 0.0514. The summed E-state index contributed by atoms with van der Waals surface area (Å²) in [6.45, 7) is 11.7. The highest BCUT2D eigenvalue weighted by atomic mass is 16.2. The van der Waals surface area contributed by atoms with Crippen LogP contribution in [0.25, 0.3) is 22.3 Å². The third kappa shape index (κ3) is 5.66. The summed E-state index contributed by atoms with van der Waals surface area (Å²) in [6.07, 6.45) is 3.46. The topological polar surface area (TPSA) is 90.0 Å². The van der Waals surface area contributed by atoms with Crippen LogP contribution in [0, 0.1) is 0 Å². The molecule has 1 fully saturated rings. The number of carbonyl (C=O) groups is 1. The van der Waals surface area contributed by atoms with Crippen molar-refractivity contribution < 1.29 is 4.79 Å². The number of H-pyrrole nitrogens is 1. The van der Waals surface area contributed by atoms with E-state index in [1.54, 1.807) is 12.4 Å². The van der Waals surface area contributed by atoms with Crippen molar-refractivity contribution >= 4 is 28.4 Å². The van der Waals surface area contributed by atoms with Gasteiger partial charge in [0.05, 0.1) is 11.4 Å². The van der Waals surface area contributed by atoms with Crippen LogP contribution >= 0.6 is 0 Å². The van der Waals surface area contributed by atoms with E-state index in [4.69, 9.17) is 0 Å². The van der Waals surface area contributed by atoms with Crippen molar-refractivity contribution in [3.8, 4) is 11.4 Å². The molecule has 35 heavy (non-hydrogen) atoms. The van der Waals surface area contributed by atoms with Gasteiger partial charge in [-0.15, -0.1) is 0 Å². The number of aromatic nitrogens is 4. The number of aromatic amines is 1. The smallest absolute Gasteiger partial charge is 0.270 e. The second kappa shape index (κ2) is 11.1. The number of hydrogen-bond donors (Lipinski definition) is 2. The fraction of sp³-hybridized carbons (Fsp3) is 0.333. The van der Waals surface area contributed by atoms with Gasteiger partial charge in [-0.3, -0.25) is 14.7 Å². The summed E-state index contributed by atoms with van der Waals surface area (Å²) in [4.78, 5) is 33.9. The summed E-state index contributed by atoms with van der Waals surface area (Å²) in [6, 6.07) is 15.9. The highest BCUT2D eigenvalue weighted by Gasteiger charge is 2.24. The molecule has 5 rings (SSSR count). The number of fused-ring (bicyclic) bond motifs is 1. The Morgan fingerprint density at radius 1 is 0.943 bits per heavy atom. The highest BCUT2D eigenvalue weighted by molar-refractivity contribution is 5.98. The molecule has 0 bridgehead atoms. The Hall–Kier alpha value is -3.78. The zero-order valence-electron chi connectivity index (χ0n) is 20.8. The quantitative estimate of drug-likeness (QED) is 0.428.